The lowest BCUT2D eigenvalue weighted by molar-refractivity contribution is -0.121. The lowest BCUT2D eigenvalue weighted by atomic mass is 9.98. The summed E-state index contributed by atoms with van der Waals surface area (Å²) in [4.78, 5) is 29.4. The number of hydrogen-bond donors (Lipinski definition) is 1. The van der Waals surface area contributed by atoms with Crippen molar-refractivity contribution in [2.75, 3.05) is 47.8 Å². The number of anilines is 3. The highest BCUT2D eigenvalue weighted by Gasteiger charge is 2.34. The molecular weight excluding hydrogens is 500 g/mol. The van der Waals surface area contributed by atoms with Crippen LogP contribution in [0.2, 0.25) is 0 Å². The molecule has 2 aromatic carbocycles. The minimum atomic E-state index is -3.75. The molecule has 9 heteroatoms. The number of sulfonamides is 1. The van der Waals surface area contributed by atoms with E-state index in [1.54, 1.807) is 23.1 Å². The molecule has 2 amide bonds. The summed E-state index contributed by atoms with van der Waals surface area (Å²) >= 11 is 0. The van der Waals surface area contributed by atoms with E-state index in [9.17, 15) is 18.0 Å². The van der Waals surface area contributed by atoms with Crippen LogP contribution in [0.3, 0.4) is 0 Å². The number of carbonyl (C=O) groups is 2. The molecule has 0 radical (unpaired) electrons. The van der Waals surface area contributed by atoms with E-state index in [2.05, 4.69) is 17.1 Å². The van der Waals surface area contributed by atoms with Crippen LogP contribution >= 0.6 is 0 Å². The molecule has 0 aromatic heterocycles. The first-order valence-electron chi connectivity index (χ1n) is 13.8. The normalized spacial score (nSPS) is 21.2. The van der Waals surface area contributed by atoms with E-state index in [-0.39, 0.29) is 23.3 Å². The second-order valence-corrected chi connectivity index (χ2v) is 12.9. The lowest BCUT2D eigenvalue weighted by Crippen LogP contribution is -2.43. The van der Waals surface area contributed by atoms with Crippen molar-refractivity contribution in [2.24, 2.45) is 11.8 Å². The first-order valence-corrected chi connectivity index (χ1v) is 15.2. The Balaban J connectivity index is 1.24. The fourth-order valence-corrected chi connectivity index (χ4v) is 7.43. The highest BCUT2D eigenvalue weighted by molar-refractivity contribution is 7.89. The van der Waals surface area contributed by atoms with Gasteiger partial charge >= 0.3 is 0 Å². The number of benzene rings is 2. The van der Waals surface area contributed by atoms with Crippen LogP contribution in [0.4, 0.5) is 17.1 Å². The Hall–Kier alpha value is -2.91. The summed E-state index contributed by atoms with van der Waals surface area (Å²) in [6, 6.07) is 13.0. The molecule has 2 fully saturated rings. The standard InChI is InChI=1S/C29H38N4O4S/c1-21-13-17-31(18-14-21)26-9-7-25(8-10-26)30-29(35)24-6-3-15-32(20-24)38(36,37)27-11-12-28-23(19-27)5-4-16-33(28)22(2)34/h7-12,19,21,24H,3-6,13-18,20H2,1-2H3,(H,30,35). The zero-order chi connectivity index (χ0) is 26.9. The summed E-state index contributed by atoms with van der Waals surface area (Å²) in [7, 11) is -3.75. The summed E-state index contributed by atoms with van der Waals surface area (Å²) in [5, 5.41) is 3.00. The molecule has 38 heavy (non-hydrogen) atoms. The number of aryl methyl sites for hydroxylation is 1. The Kier molecular flexibility index (Phi) is 7.77. The van der Waals surface area contributed by atoms with E-state index in [1.165, 1.54) is 29.8 Å². The van der Waals surface area contributed by atoms with Gasteiger partial charge in [-0.1, -0.05) is 6.92 Å². The quantitative estimate of drug-likeness (QED) is 0.614. The fraction of sp³-hybridized carbons (Fsp3) is 0.517. The van der Waals surface area contributed by atoms with Crippen molar-refractivity contribution in [3.63, 3.8) is 0 Å². The topological polar surface area (TPSA) is 90.0 Å². The number of carbonyl (C=O) groups excluding carboxylic acids is 2. The minimum absolute atomic E-state index is 0.0396. The highest BCUT2D eigenvalue weighted by Crippen LogP contribution is 2.32. The zero-order valence-electron chi connectivity index (χ0n) is 22.4. The largest absolute Gasteiger partial charge is 0.372 e. The van der Waals surface area contributed by atoms with Gasteiger partial charge in [0.25, 0.3) is 0 Å². The average Bonchev–Trinajstić information content (AvgIpc) is 2.93. The number of hydrogen-bond acceptors (Lipinski definition) is 5. The number of fused-ring (bicyclic) bond motifs is 1. The molecule has 3 aliphatic heterocycles. The van der Waals surface area contributed by atoms with E-state index in [0.717, 1.165) is 48.8 Å². The lowest BCUT2D eigenvalue weighted by Gasteiger charge is -2.33. The van der Waals surface area contributed by atoms with Crippen LogP contribution in [0.15, 0.2) is 47.4 Å². The number of rotatable bonds is 5. The van der Waals surface area contributed by atoms with Crippen LogP contribution in [-0.2, 0) is 26.0 Å². The third kappa shape index (κ3) is 5.59. The number of amides is 2. The van der Waals surface area contributed by atoms with Crippen molar-refractivity contribution in [2.45, 2.75) is 57.3 Å². The molecule has 3 aliphatic rings. The van der Waals surface area contributed by atoms with Gasteiger partial charge in [-0.2, -0.15) is 4.31 Å². The van der Waals surface area contributed by atoms with Crippen LogP contribution in [0, 0.1) is 11.8 Å². The van der Waals surface area contributed by atoms with Gasteiger partial charge in [-0.15, -0.1) is 0 Å². The van der Waals surface area contributed by atoms with E-state index >= 15 is 0 Å². The fourth-order valence-electron chi connectivity index (χ4n) is 5.85. The van der Waals surface area contributed by atoms with Crippen molar-refractivity contribution in [1.29, 1.82) is 0 Å². The second kappa shape index (κ2) is 11.1. The van der Waals surface area contributed by atoms with Crippen molar-refractivity contribution in [1.82, 2.24) is 4.31 Å². The van der Waals surface area contributed by atoms with Crippen LogP contribution in [0.1, 0.15) is 51.5 Å². The maximum atomic E-state index is 13.5. The van der Waals surface area contributed by atoms with Crippen LogP contribution < -0.4 is 15.1 Å². The van der Waals surface area contributed by atoms with Gasteiger partial charge in [0, 0.05) is 56.7 Å². The molecule has 1 unspecified atom stereocenters. The van der Waals surface area contributed by atoms with Crippen LogP contribution in [0.5, 0.6) is 0 Å². The predicted octanol–water partition coefficient (Wildman–Crippen LogP) is 4.26. The summed E-state index contributed by atoms with van der Waals surface area (Å²) in [5.74, 6) is 0.176. The Morgan fingerprint density at radius 3 is 2.37 bits per heavy atom. The maximum Gasteiger partial charge on any atom is 0.243 e. The molecule has 1 N–H and O–H groups in total. The Labute approximate surface area is 226 Å². The summed E-state index contributed by atoms with van der Waals surface area (Å²) in [5.41, 5.74) is 3.57. The summed E-state index contributed by atoms with van der Waals surface area (Å²) in [6.07, 6.45) is 5.22. The third-order valence-electron chi connectivity index (χ3n) is 8.23. The molecule has 0 saturated carbocycles. The van der Waals surface area contributed by atoms with Gasteiger partial charge in [0.2, 0.25) is 21.8 Å². The molecule has 0 aliphatic carbocycles. The average molecular weight is 539 g/mol. The predicted molar refractivity (Wildman–Crippen MR) is 150 cm³/mol. The summed E-state index contributed by atoms with van der Waals surface area (Å²) in [6.45, 7) is 7.14. The molecule has 8 nitrogen and oxygen atoms in total. The Morgan fingerprint density at radius 1 is 0.921 bits per heavy atom. The van der Waals surface area contributed by atoms with Gasteiger partial charge in [0.05, 0.1) is 10.8 Å². The van der Waals surface area contributed by atoms with Gasteiger partial charge in [-0.25, -0.2) is 8.42 Å². The van der Waals surface area contributed by atoms with Crippen molar-refractivity contribution >= 4 is 38.9 Å². The molecule has 5 rings (SSSR count). The van der Waals surface area contributed by atoms with E-state index in [1.807, 2.05) is 24.3 Å². The molecule has 0 spiro atoms. The molecule has 2 aromatic rings. The van der Waals surface area contributed by atoms with E-state index in [4.69, 9.17) is 0 Å². The number of piperidine rings is 2. The molecule has 0 bridgehead atoms. The van der Waals surface area contributed by atoms with Crippen molar-refractivity contribution in [3.05, 3.63) is 48.0 Å². The molecule has 2 saturated heterocycles. The van der Waals surface area contributed by atoms with Crippen LogP contribution in [0.25, 0.3) is 0 Å². The van der Waals surface area contributed by atoms with Crippen LogP contribution in [-0.4, -0.2) is 57.3 Å². The first kappa shape index (κ1) is 26.7. The second-order valence-electron chi connectivity index (χ2n) is 11.0. The van der Waals surface area contributed by atoms with Gasteiger partial charge in [0.15, 0.2) is 0 Å². The summed E-state index contributed by atoms with van der Waals surface area (Å²) < 4.78 is 28.5. The van der Waals surface area contributed by atoms with Gasteiger partial charge < -0.3 is 15.1 Å². The third-order valence-corrected chi connectivity index (χ3v) is 10.1. The maximum absolute atomic E-state index is 13.5. The SMILES string of the molecule is CC(=O)N1CCCc2cc(S(=O)(=O)N3CCCC(C(=O)Nc4ccc(N5CCC(C)CC5)cc4)C3)ccc21. The van der Waals surface area contributed by atoms with E-state index < -0.39 is 15.9 Å². The van der Waals surface area contributed by atoms with Gasteiger partial charge in [-0.05, 0) is 92.5 Å². The Bertz CT molecular complexity index is 1290. The molecule has 204 valence electrons. The first-order chi connectivity index (χ1) is 18.2. The van der Waals surface area contributed by atoms with Crippen molar-refractivity contribution in [3.8, 4) is 0 Å². The van der Waals surface area contributed by atoms with Gasteiger partial charge in [-0.3, -0.25) is 9.59 Å². The molecule has 1 atom stereocenters. The minimum Gasteiger partial charge on any atom is -0.372 e. The highest BCUT2D eigenvalue weighted by atomic mass is 32.2. The van der Waals surface area contributed by atoms with E-state index in [0.29, 0.717) is 25.9 Å². The smallest absolute Gasteiger partial charge is 0.243 e. The van der Waals surface area contributed by atoms with Crippen molar-refractivity contribution < 1.29 is 18.0 Å². The Morgan fingerprint density at radius 2 is 1.66 bits per heavy atom. The van der Waals surface area contributed by atoms with Gasteiger partial charge in [0.1, 0.15) is 0 Å². The number of nitrogens with one attached hydrogen (secondary N) is 1. The zero-order valence-corrected chi connectivity index (χ0v) is 23.2. The number of nitrogens with zero attached hydrogens (tertiary/aromatic N) is 3. The molecular formula is C29H38N4O4S. The monoisotopic (exact) mass is 538 g/mol. The molecule has 3 heterocycles.